The van der Waals surface area contributed by atoms with Gasteiger partial charge in [-0.3, -0.25) is 4.79 Å². The molecule has 2 aromatic carbocycles. The molecule has 5 rings (SSSR count). The first-order chi connectivity index (χ1) is 15.1. The number of amides is 1. The minimum absolute atomic E-state index is 0.00871. The van der Waals surface area contributed by atoms with Gasteiger partial charge >= 0.3 is 0 Å². The number of nitrogens with zero attached hydrogens (tertiary/aromatic N) is 1. The van der Waals surface area contributed by atoms with Gasteiger partial charge in [0.1, 0.15) is 0 Å². The van der Waals surface area contributed by atoms with Gasteiger partial charge in [-0.2, -0.15) is 0 Å². The molecule has 2 atom stereocenters. The number of carbonyl (C=O) groups is 1. The van der Waals surface area contributed by atoms with Crippen LogP contribution in [0.3, 0.4) is 0 Å². The summed E-state index contributed by atoms with van der Waals surface area (Å²) in [5.74, 6) is 0.272. The molecule has 0 saturated carbocycles. The number of hydrogen-bond acceptors (Lipinski definition) is 4. The number of halogens is 1. The van der Waals surface area contributed by atoms with E-state index in [1.54, 1.807) is 0 Å². The number of ether oxygens (including phenoxy) is 2. The van der Waals surface area contributed by atoms with E-state index in [2.05, 4.69) is 46.6 Å². The Bertz CT molecular complexity index is 984. The molecule has 0 spiro atoms. The Hall–Kier alpha value is -1.92. The van der Waals surface area contributed by atoms with Crippen molar-refractivity contribution in [3.63, 3.8) is 0 Å². The molecular weight excluding hydrogens is 412 g/mol. The van der Waals surface area contributed by atoms with E-state index in [1.807, 2.05) is 6.07 Å². The second kappa shape index (κ2) is 8.21. The smallest absolute Gasteiger partial charge is 0.277 e. The third kappa shape index (κ3) is 3.48. The zero-order valence-corrected chi connectivity index (χ0v) is 18.8. The quantitative estimate of drug-likeness (QED) is 0.696. The number of hydrogen-bond donors (Lipinski definition) is 1. The Labute approximate surface area is 188 Å². The van der Waals surface area contributed by atoms with E-state index in [9.17, 15) is 4.79 Å². The lowest BCUT2D eigenvalue weighted by atomic mass is 9.74. The van der Waals surface area contributed by atoms with Gasteiger partial charge in [0.15, 0.2) is 0 Å². The first-order valence-electron chi connectivity index (χ1n) is 11.0. The van der Waals surface area contributed by atoms with Gasteiger partial charge in [-0.25, -0.2) is 0 Å². The lowest BCUT2D eigenvalue weighted by Crippen LogP contribution is -2.50. The number of methoxy groups -OCH3 is 2. The van der Waals surface area contributed by atoms with Crippen LogP contribution in [0.2, 0.25) is 5.02 Å². The molecule has 2 aliphatic carbocycles. The first kappa shape index (κ1) is 21.0. The van der Waals surface area contributed by atoms with Crippen LogP contribution in [0.25, 0.3) is 0 Å². The van der Waals surface area contributed by atoms with Gasteiger partial charge in [-0.15, -0.1) is 0 Å². The first-order valence-corrected chi connectivity index (χ1v) is 11.4. The van der Waals surface area contributed by atoms with Crippen LogP contribution in [0, 0.1) is 0 Å². The molecule has 0 radical (unpaired) electrons. The van der Waals surface area contributed by atoms with Crippen molar-refractivity contribution in [2.75, 3.05) is 33.9 Å². The molecule has 5 nitrogen and oxygen atoms in total. The Balaban J connectivity index is 1.33. The van der Waals surface area contributed by atoms with Crippen LogP contribution in [0.4, 0.5) is 0 Å². The summed E-state index contributed by atoms with van der Waals surface area (Å²) in [6.45, 7) is 2.91. The Kier molecular flexibility index (Phi) is 5.55. The molecule has 2 bridgehead atoms. The number of fused-ring (bicyclic) bond motifs is 8. The number of rotatable bonds is 6. The van der Waals surface area contributed by atoms with Crippen molar-refractivity contribution in [1.82, 2.24) is 10.2 Å². The average molecular weight is 441 g/mol. The molecule has 1 saturated heterocycles. The van der Waals surface area contributed by atoms with Crippen molar-refractivity contribution < 1.29 is 14.3 Å². The van der Waals surface area contributed by atoms with Gasteiger partial charge in [0.25, 0.3) is 5.91 Å². The Morgan fingerprint density at radius 2 is 1.84 bits per heavy atom. The van der Waals surface area contributed by atoms with Crippen molar-refractivity contribution in [3.05, 3.63) is 69.7 Å². The molecule has 6 heteroatoms. The summed E-state index contributed by atoms with van der Waals surface area (Å²) in [4.78, 5) is 14.8. The number of nitrogens with one attached hydrogen (secondary N) is 1. The summed E-state index contributed by atoms with van der Waals surface area (Å²) in [5.41, 5.74) is 5.80. The van der Waals surface area contributed by atoms with E-state index in [4.69, 9.17) is 21.1 Å². The zero-order chi connectivity index (χ0) is 21.6. The highest BCUT2D eigenvalue weighted by Crippen LogP contribution is 2.60. The molecule has 1 amide bonds. The van der Waals surface area contributed by atoms with Crippen LogP contribution in [-0.2, 0) is 19.7 Å². The lowest BCUT2D eigenvalue weighted by molar-refractivity contribution is -0.160. The summed E-state index contributed by atoms with van der Waals surface area (Å²) < 4.78 is 10.1. The van der Waals surface area contributed by atoms with E-state index in [0.29, 0.717) is 5.92 Å². The fraction of sp³-hybridized carbons (Fsp3) is 0.480. The van der Waals surface area contributed by atoms with Crippen molar-refractivity contribution in [3.8, 4) is 0 Å². The SMILES string of the molecule is COC(OC)C(=O)NC1CCN(C[C@@]23C[C@H](c4ccccc42)c2ccc(Cl)cc23)CC1. The maximum Gasteiger partial charge on any atom is 0.277 e. The largest absolute Gasteiger partial charge is 0.349 e. The predicted molar refractivity (Wildman–Crippen MR) is 121 cm³/mol. The Morgan fingerprint density at radius 1 is 1.13 bits per heavy atom. The summed E-state index contributed by atoms with van der Waals surface area (Å²) in [5, 5.41) is 3.89. The Morgan fingerprint density at radius 3 is 2.58 bits per heavy atom. The average Bonchev–Trinajstić information content (AvgIpc) is 3.27. The molecule has 1 N–H and O–H groups in total. The van der Waals surface area contributed by atoms with E-state index in [1.165, 1.54) is 36.5 Å². The zero-order valence-electron chi connectivity index (χ0n) is 18.1. The van der Waals surface area contributed by atoms with Gasteiger partial charge in [-0.1, -0.05) is 41.9 Å². The van der Waals surface area contributed by atoms with Crippen LogP contribution in [0.1, 0.15) is 47.4 Å². The van der Waals surface area contributed by atoms with Crippen LogP contribution in [0.5, 0.6) is 0 Å². The van der Waals surface area contributed by atoms with Crippen molar-refractivity contribution in [1.29, 1.82) is 0 Å². The molecule has 1 fully saturated rings. The van der Waals surface area contributed by atoms with Crippen LogP contribution in [0.15, 0.2) is 42.5 Å². The summed E-state index contributed by atoms with van der Waals surface area (Å²) in [6.07, 6.45) is 2.14. The lowest BCUT2D eigenvalue weighted by Gasteiger charge is -2.40. The monoisotopic (exact) mass is 440 g/mol. The molecule has 31 heavy (non-hydrogen) atoms. The molecule has 0 unspecified atom stereocenters. The van der Waals surface area contributed by atoms with Crippen LogP contribution in [-0.4, -0.2) is 57.0 Å². The second-order valence-corrected chi connectivity index (χ2v) is 9.46. The summed E-state index contributed by atoms with van der Waals surface area (Å²) >= 11 is 6.43. The highest BCUT2D eigenvalue weighted by atomic mass is 35.5. The van der Waals surface area contributed by atoms with Crippen molar-refractivity contribution >= 4 is 17.5 Å². The molecule has 0 aromatic heterocycles. The van der Waals surface area contributed by atoms with Gasteiger partial charge in [0, 0.05) is 56.3 Å². The van der Waals surface area contributed by atoms with Crippen LogP contribution < -0.4 is 5.32 Å². The molecule has 3 aliphatic rings. The number of benzene rings is 2. The normalized spacial score (nSPS) is 25.0. The maximum atomic E-state index is 12.3. The third-order valence-corrected chi connectivity index (χ3v) is 7.62. The van der Waals surface area contributed by atoms with E-state index in [0.717, 1.165) is 43.9 Å². The van der Waals surface area contributed by atoms with Crippen LogP contribution >= 0.6 is 11.6 Å². The molecule has 1 heterocycles. The van der Waals surface area contributed by atoms with Gasteiger partial charge < -0.3 is 19.7 Å². The topological polar surface area (TPSA) is 50.8 Å². The molecule has 164 valence electrons. The fourth-order valence-electron chi connectivity index (χ4n) is 6.02. The fourth-order valence-corrected chi connectivity index (χ4v) is 6.19. The van der Waals surface area contributed by atoms with Gasteiger partial charge in [0.2, 0.25) is 6.29 Å². The maximum absolute atomic E-state index is 12.3. The second-order valence-electron chi connectivity index (χ2n) is 9.02. The number of carbonyl (C=O) groups excluding carboxylic acids is 1. The van der Waals surface area contributed by atoms with Gasteiger partial charge in [-0.05, 0) is 53.6 Å². The molecule has 1 aliphatic heterocycles. The van der Waals surface area contributed by atoms with E-state index >= 15 is 0 Å². The molecular formula is C25H29ClN2O3. The van der Waals surface area contributed by atoms with Crippen molar-refractivity contribution in [2.24, 2.45) is 0 Å². The third-order valence-electron chi connectivity index (χ3n) is 7.38. The number of likely N-dealkylation sites (tertiary alicyclic amines) is 1. The van der Waals surface area contributed by atoms with Crippen molar-refractivity contribution in [2.45, 2.75) is 42.9 Å². The van der Waals surface area contributed by atoms with E-state index in [-0.39, 0.29) is 17.4 Å². The van der Waals surface area contributed by atoms with E-state index < -0.39 is 6.29 Å². The standard InChI is InChI=1S/C25H29ClN2O3/c1-30-24(31-2)23(29)27-17-9-11-28(12-10-17)15-25-14-20(18-5-3-4-6-21(18)25)19-8-7-16(26)13-22(19)25/h3-8,13,17,20,24H,9-12,14-15H2,1-2H3,(H,27,29)/t20-,25+/m1/s1. The predicted octanol–water partition coefficient (Wildman–Crippen LogP) is 3.67. The summed E-state index contributed by atoms with van der Waals surface area (Å²) in [6, 6.07) is 15.5. The minimum atomic E-state index is -0.844. The summed E-state index contributed by atoms with van der Waals surface area (Å²) in [7, 11) is 2.96. The highest BCUT2D eigenvalue weighted by Gasteiger charge is 2.53. The van der Waals surface area contributed by atoms with Gasteiger partial charge in [0.05, 0.1) is 0 Å². The number of piperidine rings is 1. The molecule has 2 aromatic rings. The highest BCUT2D eigenvalue weighted by molar-refractivity contribution is 6.30. The minimum Gasteiger partial charge on any atom is -0.349 e.